The van der Waals surface area contributed by atoms with E-state index in [1.165, 1.54) is 11.3 Å². The zero-order chi connectivity index (χ0) is 15.5. The van der Waals surface area contributed by atoms with Crippen LogP contribution in [0.5, 0.6) is 0 Å². The quantitative estimate of drug-likeness (QED) is 0.795. The normalized spacial score (nSPS) is 14.4. The Balaban J connectivity index is 2.65. The predicted octanol–water partition coefficient (Wildman–Crippen LogP) is 2.31. The highest BCUT2D eigenvalue weighted by molar-refractivity contribution is 7.11. The number of hydrogen-bond acceptors (Lipinski definition) is 4. The van der Waals surface area contributed by atoms with Gasteiger partial charge in [0.2, 0.25) is 0 Å². The molecular weight excluding hydrogens is 278 g/mol. The summed E-state index contributed by atoms with van der Waals surface area (Å²) in [5, 5.41) is 15.1. The molecule has 2 atom stereocenters. The van der Waals surface area contributed by atoms with Gasteiger partial charge in [0.25, 0.3) is 0 Å². The summed E-state index contributed by atoms with van der Waals surface area (Å²) in [5.41, 5.74) is -0.565. The van der Waals surface area contributed by atoms with E-state index in [9.17, 15) is 9.59 Å². The lowest BCUT2D eigenvalue weighted by Gasteiger charge is -2.28. The molecule has 0 aliphatic heterocycles. The van der Waals surface area contributed by atoms with Crippen molar-refractivity contribution in [1.29, 1.82) is 0 Å². The van der Waals surface area contributed by atoms with Gasteiger partial charge in [-0.15, -0.1) is 11.3 Å². The zero-order valence-electron chi connectivity index (χ0n) is 12.4. The molecule has 112 valence electrons. The molecule has 0 aliphatic rings. The molecule has 1 heterocycles. The summed E-state index contributed by atoms with van der Waals surface area (Å²) >= 11 is 1.50. The molecular formula is C13H21N3O3S. The number of thiazole rings is 1. The van der Waals surface area contributed by atoms with E-state index in [0.29, 0.717) is 0 Å². The van der Waals surface area contributed by atoms with Crippen LogP contribution in [0.3, 0.4) is 0 Å². The van der Waals surface area contributed by atoms with Gasteiger partial charge in [0.1, 0.15) is 11.0 Å². The van der Waals surface area contributed by atoms with Crippen LogP contribution in [0, 0.1) is 12.3 Å². The van der Waals surface area contributed by atoms with Crippen LogP contribution >= 0.6 is 11.3 Å². The van der Waals surface area contributed by atoms with E-state index < -0.39 is 23.5 Å². The zero-order valence-corrected chi connectivity index (χ0v) is 13.2. The monoisotopic (exact) mass is 299 g/mol. The Morgan fingerprint density at radius 2 is 1.95 bits per heavy atom. The van der Waals surface area contributed by atoms with E-state index in [4.69, 9.17) is 5.11 Å². The van der Waals surface area contributed by atoms with Gasteiger partial charge in [0, 0.05) is 11.1 Å². The first kappa shape index (κ1) is 16.4. The number of nitrogens with one attached hydrogen (secondary N) is 2. The van der Waals surface area contributed by atoms with Crippen molar-refractivity contribution in [2.75, 3.05) is 0 Å². The summed E-state index contributed by atoms with van der Waals surface area (Å²) in [6, 6.07) is -1.72. The molecule has 0 bridgehead atoms. The molecule has 1 aromatic heterocycles. The van der Waals surface area contributed by atoms with E-state index in [1.807, 2.05) is 13.8 Å². The van der Waals surface area contributed by atoms with Crippen LogP contribution in [0.1, 0.15) is 43.6 Å². The number of rotatable bonds is 4. The lowest BCUT2D eigenvalue weighted by atomic mass is 9.87. The fraction of sp³-hybridized carbons (Fsp3) is 0.615. The molecule has 0 saturated heterocycles. The number of aliphatic carboxylic acids is 1. The van der Waals surface area contributed by atoms with Gasteiger partial charge in [-0.25, -0.2) is 14.6 Å². The molecule has 6 nitrogen and oxygen atoms in total. The van der Waals surface area contributed by atoms with Gasteiger partial charge < -0.3 is 15.7 Å². The van der Waals surface area contributed by atoms with Crippen molar-refractivity contribution in [1.82, 2.24) is 15.6 Å². The Labute approximate surface area is 122 Å². The smallest absolute Gasteiger partial charge is 0.326 e. The van der Waals surface area contributed by atoms with Crippen LogP contribution in [0.25, 0.3) is 0 Å². The minimum atomic E-state index is -1.05. The molecule has 7 heteroatoms. The van der Waals surface area contributed by atoms with E-state index in [1.54, 1.807) is 27.0 Å². The van der Waals surface area contributed by atoms with Crippen molar-refractivity contribution < 1.29 is 14.7 Å². The molecule has 20 heavy (non-hydrogen) atoms. The summed E-state index contributed by atoms with van der Waals surface area (Å²) in [6.07, 6.45) is 1.74. The third-order valence-corrected chi connectivity index (χ3v) is 3.84. The molecule has 2 unspecified atom stereocenters. The number of nitrogens with zero attached hydrogens (tertiary/aromatic N) is 1. The van der Waals surface area contributed by atoms with Crippen molar-refractivity contribution in [2.24, 2.45) is 5.41 Å². The number of urea groups is 1. The fourth-order valence-electron chi connectivity index (χ4n) is 1.65. The Bertz CT molecular complexity index is 493. The molecule has 0 fully saturated rings. The van der Waals surface area contributed by atoms with Gasteiger partial charge in [-0.2, -0.15) is 0 Å². The van der Waals surface area contributed by atoms with Gasteiger partial charge >= 0.3 is 12.0 Å². The van der Waals surface area contributed by atoms with E-state index in [-0.39, 0.29) is 6.04 Å². The second-order valence-electron chi connectivity index (χ2n) is 5.79. The van der Waals surface area contributed by atoms with Crippen molar-refractivity contribution >= 4 is 23.3 Å². The molecule has 0 radical (unpaired) electrons. The largest absolute Gasteiger partial charge is 0.480 e. The Hall–Kier alpha value is -1.63. The van der Waals surface area contributed by atoms with Crippen molar-refractivity contribution in [3.63, 3.8) is 0 Å². The average molecular weight is 299 g/mol. The van der Waals surface area contributed by atoms with Crippen LogP contribution in [-0.4, -0.2) is 28.1 Å². The first-order valence-electron chi connectivity index (χ1n) is 6.33. The molecule has 1 aromatic rings. The van der Waals surface area contributed by atoms with E-state index in [2.05, 4.69) is 15.6 Å². The second-order valence-corrected chi connectivity index (χ2v) is 7.05. The van der Waals surface area contributed by atoms with Gasteiger partial charge in [0.15, 0.2) is 0 Å². The highest BCUT2D eigenvalue weighted by atomic mass is 32.1. The van der Waals surface area contributed by atoms with Crippen LogP contribution in [0.15, 0.2) is 6.20 Å². The number of carboxylic acid groups (broad SMARTS) is 1. The van der Waals surface area contributed by atoms with Gasteiger partial charge in [-0.05, 0) is 19.3 Å². The lowest BCUT2D eigenvalue weighted by Crippen LogP contribution is -2.52. The average Bonchev–Trinajstić information content (AvgIpc) is 2.70. The number of amides is 2. The summed E-state index contributed by atoms with van der Waals surface area (Å²) in [5.74, 6) is -1.05. The van der Waals surface area contributed by atoms with E-state index in [0.717, 1.165) is 9.88 Å². The first-order chi connectivity index (χ1) is 9.11. The molecule has 1 rings (SSSR count). The summed E-state index contributed by atoms with van der Waals surface area (Å²) in [7, 11) is 0. The van der Waals surface area contributed by atoms with Crippen molar-refractivity contribution in [2.45, 2.75) is 46.7 Å². The van der Waals surface area contributed by atoms with Gasteiger partial charge in [-0.1, -0.05) is 20.8 Å². The number of aryl methyl sites for hydroxylation is 1. The third-order valence-electron chi connectivity index (χ3n) is 2.75. The molecule has 0 spiro atoms. The van der Waals surface area contributed by atoms with Gasteiger partial charge in [0.05, 0.1) is 6.04 Å². The van der Waals surface area contributed by atoms with Crippen molar-refractivity contribution in [3.05, 3.63) is 16.1 Å². The fourth-order valence-corrected chi connectivity index (χ4v) is 2.43. The van der Waals surface area contributed by atoms with E-state index >= 15 is 0 Å². The van der Waals surface area contributed by atoms with Crippen LogP contribution in [0.2, 0.25) is 0 Å². The minimum absolute atomic E-state index is 0.261. The number of carbonyl (C=O) groups excluding carboxylic acids is 1. The Morgan fingerprint density at radius 1 is 1.35 bits per heavy atom. The predicted molar refractivity (Wildman–Crippen MR) is 77.8 cm³/mol. The van der Waals surface area contributed by atoms with Crippen molar-refractivity contribution in [3.8, 4) is 0 Å². The second kappa shape index (κ2) is 6.21. The molecule has 0 saturated carbocycles. The topological polar surface area (TPSA) is 91.3 Å². The summed E-state index contributed by atoms with van der Waals surface area (Å²) in [6.45, 7) is 9.04. The minimum Gasteiger partial charge on any atom is -0.480 e. The number of carbonyl (C=O) groups is 2. The van der Waals surface area contributed by atoms with Crippen LogP contribution in [0.4, 0.5) is 4.79 Å². The molecule has 0 aromatic carbocycles. The lowest BCUT2D eigenvalue weighted by molar-refractivity contribution is -0.141. The number of carboxylic acids is 1. The number of hydrogen-bond donors (Lipinski definition) is 3. The summed E-state index contributed by atoms with van der Waals surface area (Å²) < 4.78 is 0. The highest BCUT2D eigenvalue weighted by Gasteiger charge is 2.32. The van der Waals surface area contributed by atoms with Gasteiger partial charge in [-0.3, -0.25) is 0 Å². The summed E-state index contributed by atoms with van der Waals surface area (Å²) in [4.78, 5) is 28.3. The standard InChI is InChI=1S/C13H21N3O3S/c1-7-6-14-10(20-7)8(2)15-12(19)16-9(11(17)18)13(3,4)5/h6,8-9H,1-5H3,(H,17,18)(H2,15,16,19). The SMILES string of the molecule is Cc1cnc(C(C)NC(=O)NC(C(=O)O)C(C)(C)C)s1. The molecule has 0 aliphatic carbocycles. The maximum Gasteiger partial charge on any atom is 0.326 e. The molecule has 2 amide bonds. The van der Waals surface area contributed by atoms with Crippen LogP contribution < -0.4 is 10.6 Å². The first-order valence-corrected chi connectivity index (χ1v) is 7.15. The maximum atomic E-state index is 11.9. The van der Waals surface area contributed by atoms with Crippen LogP contribution in [-0.2, 0) is 4.79 Å². The third kappa shape index (κ3) is 4.48. The number of aromatic nitrogens is 1. The Morgan fingerprint density at radius 3 is 2.35 bits per heavy atom. The maximum absolute atomic E-state index is 11.9. The highest BCUT2D eigenvalue weighted by Crippen LogP contribution is 2.21. The Kier molecular flexibility index (Phi) is 5.10. The molecule has 3 N–H and O–H groups in total.